The number of aliphatic hydroxyl groups is 1. The van der Waals surface area contributed by atoms with Crippen LogP contribution in [-0.4, -0.2) is 17.2 Å². The van der Waals surface area contributed by atoms with Crippen molar-refractivity contribution >= 4 is 0 Å². The van der Waals surface area contributed by atoms with Crippen molar-refractivity contribution in [1.82, 2.24) is 5.32 Å². The number of hydrogen-bond acceptors (Lipinski definition) is 2. The van der Waals surface area contributed by atoms with Crippen LogP contribution in [0.15, 0.2) is 24.3 Å². The maximum Gasteiger partial charge on any atom is 0.123 e. The molecule has 0 aromatic heterocycles. The van der Waals surface area contributed by atoms with Crippen LogP contribution in [0.2, 0.25) is 0 Å². The molecule has 1 aliphatic rings. The Morgan fingerprint density at radius 2 is 2.06 bits per heavy atom. The van der Waals surface area contributed by atoms with Gasteiger partial charge in [0.25, 0.3) is 0 Å². The molecule has 3 atom stereocenters. The van der Waals surface area contributed by atoms with Gasteiger partial charge in [-0.3, -0.25) is 0 Å². The van der Waals surface area contributed by atoms with Crippen LogP contribution in [-0.2, 0) is 0 Å². The second-order valence-corrected chi connectivity index (χ2v) is 5.19. The molecule has 0 aliphatic carbocycles. The van der Waals surface area contributed by atoms with Gasteiger partial charge in [0.15, 0.2) is 0 Å². The molecule has 0 amide bonds. The van der Waals surface area contributed by atoms with Crippen molar-refractivity contribution in [2.75, 3.05) is 0 Å². The molecule has 18 heavy (non-hydrogen) atoms. The van der Waals surface area contributed by atoms with Gasteiger partial charge in [0.05, 0.1) is 6.10 Å². The maximum absolute atomic E-state index is 12.9. The lowest BCUT2D eigenvalue weighted by Gasteiger charge is -2.34. The number of aliphatic hydroxyl groups excluding tert-OH is 1. The minimum absolute atomic E-state index is 0.0979. The van der Waals surface area contributed by atoms with E-state index in [0.717, 1.165) is 31.2 Å². The van der Waals surface area contributed by atoms with E-state index in [1.807, 2.05) is 0 Å². The molecule has 0 spiro atoms. The van der Waals surface area contributed by atoms with E-state index in [2.05, 4.69) is 12.2 Å². The fourth-order valence-electron chi connectivity index (χ4n) is 2.77. The summed E-state index contributed by atoms with van der Waals surface area (Å²) in [5, 5.41) is 13.9. The molecule has 1 heterocycles. The smallest absolute Gasteiger partial charge is 0.123 e. The van der Waals surface area contributed by atoms with E-state index >= 15 is 0 Å². The topological polar surface area (TPSA) is 32.3 Å². The summed E-state index contributed by atoms with van der Waals surface area (Å²) in [6, 6.07) is 6.77. The molecule has 2 nitrogen and oxygen atoms in total. The first-order valence-corrected chi connectivity index (χ1v) is 6.90. The van der Waals surface area contributed by atoms with Crippen LogP contribution in [0.3, 0.4) is 0 Å². The highest BCUT2D eigenvalue weighted by atomic mass is 19.1. The summed E-state index contributed by atoms with van der Waals surface area (Å²) in [6.45, 7) is 2.18. The van der Waals surface area contributed by atoms with Crippen LogP contribution in [0, 0.1) is 5.82 Å². The molecule has 100 valence electrons. The molecular formula is C15H22FNO. The first kappa shape index (κ1) is 13.5. The van der Waals surface area contributed by atoms with Crippen LogP contribution in [0.25, 0.3) is 0 Å². The Balaban J connectivity index is 1.99. The van der Waals surface area contributed by atoms with Gasteiger partial charge in [-0.2, -0.15) is 0 Å². The second kappa shape index (κ2) is 6.30. The average molecular weight is 251 g/mol. The summed E-state index contributed by atoms with van der Waals surface area (Å²) in [7, 11) is 0. The van der Waals surface area contributed by atoms with E-state index in [1.54, 1.807) is 12.1 Å². The largest absolute Gasteiger partial charge is 0.387 e. The molecule has 1 aromatic rings. The van der Waals surface area contributed by atoms with E-state index in [0.29, 0.717) is 6.04 Å². The number of hydrogen-bond donors (Lipinski definition) is 2. The first-order chi connectivity index (χ1) is 8.70. The second-order valence-electron chi connectivity index (χ2n) is 5.19. The predicted octanol–water partition coefficient (Wildman–Crippen LogP) is 3.17. The van der Waals surface area contributed by atoms with Crippen molar-refractivity contribution in [3.8, 4) is 0 Å². The summed E-state index contributed by atoms with van der Waals surface area (Å²) in [5.41, 5.74) is 0.797. The lowest BCUT2D eigenvalue weighted by Crippen LogP contribution is -2.45. The monoisotopic (exact) mass is 251 g/mol. The van der Waals surface area contributed by atoms with Gasteiger partial charge < -0.3 is 10.4 Å². The Kier molecular flexibility index (Phi) is 4.72. The van der Waals surface area contributed by atoms with Crippen molar-refractivity contribution in [3.63, 3.8) is 0 Å². The third kappa shape index (κ3) is 3.30. The quantitative estimate of drug-likeness (QED) is 0.861. The van der Waals surface area contributed by atoms with Crippen molar-refractivity contribution in [2.24, 2.45) is 0 Å². The molecule has 1 aliphatic heterocycles. The highest BCUT2D eigenvalue weighted by molar-refractivity contribution is 5.20. The van der Waals surface area contributed by atoms with Crippen LogP contribution >= 0.6 is 0 Å². The van der Waals surface area contributed by atoms with E-state index in [1.165, 1.54) is 18.6 Å². The maximum atomic E-state index is 12.9. The lowest BCUT2D eigenvalue weighted by molar-refractivity contribution is 0.0997. The van der Waals surface area contributed by atoms with Gasteiger partial charge in [-0.25, -0.2) is 4.39 Å². The van der Waals surface area contributed by atoms with Crippen molar-refractivity contribution in [3.05, 3.63) is 35.6 Å². The Labute approximate surface area is 108 Å². The Bertz CT molecular complexity index is 363. The Morgan fingerprint density at radius 3 is 2.72 bits per heavy atom. The van der Waals surface area contributed by atoms with Gasteiger partial charge in [-0.15, -0.1) is 0 Å². The molecule has 0 bridgehead atoms. The third-order valence-electron chi connectivity index (χ3n) is 3.75. The summed E-state index contributed by atoms with van der Waals surface area (Å²) >= 11 is 0. The number of halogens is 1. The standard InChI is InChI=1S/C15H22FNO/c1-2-4-13-5-3-6-14(17-13)15(18)11-7-9-12(16)10-8-11/h7-10,13-15,17-18H,2-6H2,1H3/t13-,14+,15?/m0/s1. The number of piperidine rings is 1. The van der Waals surface area contributed by atoms with Crippen LogP contribution in [0.4, 0.5) is 4.39 Å². The highest BCUT2D eigenvalue weighted by Crippen LogP contribution is 2.26. The minimum Gasteiger partial charge on any atom is -0.387 e. The van der Waals surface area contributed by atoms with Crippen molar-refractivity contribution < 1.29 is 9.50 Å². The zero-order valence-electron chi connectivity index (χ0n) is 10.9. The third-order valence-corrected chi connectivity index (χ3v) is 3.75. The van der Waals surface area contributed by atoms with Gasteiger partial charge in [-0.1, -0.05) is 31.9 Å². The van der Waals surface area contributed by atoms with E-state index in [9.17, 15) is 9.50 Å². The minimum atomic E-state index is -0.537. The fourth-order valence-corrected chi connectivity index (χ4v) is 2.77. The highest BCUT2D eigenvalue weighted by Gasteiger charge is 2.26. The van der Waals surface area contributed by atoms with Crippen molar-refractivity contribution in [2.45, 2.75) is 57.2 Å². The first-order valence-electron chi connectivity index (χ1n) is 6.90. The number of nitrogens with one attached hydrogen (secondary N) is 1. The van der Waals surface area contributed by atoms with Crippen LogP contribution in [0.5, 0.6) is 0 Å². The molecule has 0 saturated carbocycles. The molecule has 2 rings (SSSR count). The van der Waals surface area contributed by atoms with Crippen LogP contribution < -0.4 is 5.32 Å². The van der Waals surface area contributed by atoms with Gasteiger partial charge in [0.1, 0.15) is 5.82 Å². The predicted molar refractivity (Wildman–Crippen MR) is 70.8 cm³/mol. The number of benzene rings is 1. The molecule has 1 unspecified atom stereocenters. The zero-order chi connectivity index (χ0) is 13.0. The zero-order valence-corrected chi connectivity index (χ0v) is 10.9. The van der Waals surface area contributed by atoms with E-state index < -0.39 is 6.10 Å². The molecule has 0 radical (unpaired) electrons. The molecule has 1 saturated heterocycles. The molecule has 2 N–H and O–H groups in total. The summed E-state index contributed by atoms with van der Waals surface area (Å²) < 4.78 is 12.9. The van der Waals surface area contributed by atoms with Gasteiger partial charge in [0, 0.05) is 12.1 Å². The molecular weight excluding hydrogens is 229 g/mol. The summed E-state index contributed by atoms with van der Waals surface area (Å²) in [5.74, 6) is -0.258. The van der Waals surface area contributed by atoms with Gasteiger partial charge in [0.2, 0.25) is 0 Å². The van der Waals surface area contributed by atoms with Crippen molar-refractivity contribution in [1.29, 1.82) is 0 Å². The molecule has 3 heteroatoms. The Hall–Kier alpha value is -0.930. The van der Waals surface area contributed by atoms with Crippen LogP contribution in [0.1, 0.15) is 50.7 Å². The summed E-state index contributed by atoms with van der Waals surface area (Å²) in [4.78, 5) is 0. The number of rotatable bonds is 4. The average Bonchev–Trinajstić information content (AvgIpc) is 2.39. The van der Waals surface area contributed by atoms with Gasteiger partial charge in [-0.05, 0) is 37.0 Å². The molecule has 1 fully saturated rings. The summed E-state index contributed by atoms with van der Waals surface area (Å²) in [6.07, 6.45) is 5.12. The van der Waals surface area contributed by atoms with Gasteiger partial charge >= 0.3 is 0 Å². The fraction of sp³-hybridized carbons (Fsp3) is 0.600. The SMILES string of the molecule is CCC[C@H]1CCC[C@H](C(O)c2ccc(F)cc2)N1. The molecule has 1 aromatic carbocycles. The lowest BCUT2D eigenvalue weighted by atomic mass is 9.90. The van der Waals surface area contributed by atoms with E-state index in [4.69, 9.17) is 0 Å². The Morgan fingerprint density at radius 1 is 1.33 bits per heavy atom. The van der Waals surface area contributed by atoms with E-state index in [-0.39, 0.29) is 11.9 Å². The normalized spacial score (nSPS) is 25.9.